The molecule has 0 aliphatic heterocycles. The molecule has 0 heterocycles. The van der Waals surface area contributed by atoms with E-state index in [1.54, 1.807) is 6.07 Å². The van der Waals surface area contributed by atoms with Crippen LogP contribution < -0.4 is 5.32 Å². The molecule has 96 valence electrons. The minimum absolute atomic E-state index is 0.486. The Morgan fingerprint density at radius 2 is 1.65 bits per heavy atom. The van der Waals surface area contributed by atoms with Gasteiger partial charge in [0.25, 0.3) is 0 Å². The Kier molecular flexibility index (Phi) is 6.15. The number of rotatable bonds is 6. The van der Waals surface area contributed by atoms with Crippen LogP contribution in [0.5, 0.6) is 0 Å². The van der Waals surface area contributed by atoms with Gasteiger partial charge < -0.3 is 5.32 Å². The van der Waals surface area contributed by atoms with Crippen LogP contribution in [0.15, 0.2) is 18.2 Å². The van der Waals surface area contributed by atoms with E-state index in [1.807, 2.05) is 12.1 Å². The van der Waals surface area contributed by atoms with Crippen LogP contribution in [0, 0.1) is 5.92 Å². The van der Waals surface area contributed by atoms with Crippen molar-refractivity contribution in [2.75, 3.05) is 5.32 Å². The zero-order valence-electron chi connectivity index (χ0n) is 10.8. The molecule has 0 aliphatic rings. The second-order valence-corrected chi connectivity index (χ2v) is 5.53. The Morgan fingerprint density at radius 3 is 2.12 bits per heavy atom. The van der Waals surface area contributed by atoms with Crippen molar-refractivity contribution < 1.29 is 0 Å². The lowest BCUT2D eigenvalue weighted by molar-refractivity contribution is 0.462. The summed E-state index contributed by atoms with van der Waals surface area (Å²) in [4.78, 5) is 0. The van der Waals surface area contributed by atoms with Gasteiger partial charge in [-0.25, -0.2) is 0 Å². The van der Waals surface area contributed by atoms with Crippen molar-refractivity contribution in [1.82, 2.24) is 0 Å². The summed E-state index contributed by atoms with van der Waals surface area (Å²) in [5, 5.41) is 4.86. The number of hydrogen-bond acceptors (Lipinski definition) is 1. The van der Waals surface area contributed by atoms with Gasteiger partial charge in [-0.2, -0.15) is 0 Å². The van der Waals surface area contributed by atoms with E-state index in [4.69, 9.17) is 23.2 Å². The highest BCUT2D eigenvalue weighted by molar-refractivity contribution is 6.35. The van der Waals surface area contributed by atoms with E-state index in [1.165, 1.54) is 12.8 Å². The van der Waals surface area contributed by atoms with Crippen molar-refractivity contribution in [1.29, 1.82) is 0 Å². The summed E-state index contributed by atoms with van der Waals surface area (Å²) in [6.07, 6.45) is 3.50. The molecule has 1 nitrogen and oxygen atoms in total. The first-order valence-corrected chi connectivity index (χ1v) is 7.03. The summed E-state index contributed by atoms with van der Waals surface area (Å²) in [5.74, 6) is 0.738. The Bertz CT molecular complexity index is 332. The topological polar surface area (TPSA) is 12.0 Å². The van der Waals surface area contributed by atoms with Crippen LogP contribution in [-0.4, -0.2) is 6.04 Å². The maximum atomic E-state index is 5.99. The van der Waals surface area contributed by atoms with Crippen LogP contribution in [-0.2, 0) is 0 Å². The molecule has 0 aromatic heterocycles. The van der Waals surface area contributed by atoms with Crippen LogP contribution in [0.25, 0.3) is 0 Å². The van der Waals surface area contributed by atoms with E-state index in [2.05, 4.69) is 26.1 Å². The van der Waals surface area contributed by atoms with Gasteiger partial charge in [-0.05, 0) is 37.0 Å². The molecule has 0 bridgehead atoms. The van der Waals surface area contributed by atoms with Gasteiger partial charge in [0.2, 0.25) is 0 Å². The predicted molar refractivity (Wildman–Crippen MR) is 78.2 cm³/mol. The third kappa shape index (κ3) is 5.18. The number of anilines is 1. The minimum atomic E-state index is 0.486. The number of halogens is 2. The fourth-order valence-corrected chi connectivity index (χ4v) is 2.38. The molecule has 0 spiro atoms. The molecule has 1 aromatic rings. The summed E-state index contributed by atoms with van der Waals surface area (Å²) in [6.45, 7) is 6.72. The standard InChI is InChI=1S/C14H21Cl2N/c1-4-10(3)6-13(5-2)17-14-8-11(15)7-12(16)9-14/h7-10,13,17H,4-6H2,1-3H3. The number of benzene rings is 1. The third-order valence-corrected chi connectivity index (χ3v) is 3.55. The smallest absolute Gasteiger partial charge is 0.0441 e. The maximum absolute atomic E-state index is 5.99. The fourth-order valence-electron chi connectivity index (χ4n) is 1.85. The fraction of sp³-hybridized carbons (Fsp3) is 0.571. The first kappa shape index (κ1) is 14.7. The largest absolute Gasteiger partial charge is 0.382 e. The highest BCUT2D eigenvalue weighted by Crippen LogP contribution is 2.24. The van der Waals surface area contributed by atoms with Gasteiger partial charge in [0.15, 0.2) is 0 Å². The molecular weight excluding hydrogens is 253 g/mol. The first-order valence-electron chi connectivity index (χ1n) is 6.27. The molecule has 3 heteroatoms. The lowest BCUT2D eigenvalue weighted by Crippen LogP contribution is -2.21. The average Bonchev–Trinajstić information content (AvgIpc) is 2.26. The van der Waals surface area contributed by atoms with Gasteiger partial charge in [-0.3, -0.25) is 0 Å². The second kappa shape index (κ2) is 7.13. The molecule has 2 atom stereocenters. The maximum Gasteiger partial charge on any atom is 0.0441 e. The normalized spacial score (nSPS) is 14.4. The van der Waals surface area contributed by atoms with Crippen molar-refractivity contribution >= 4 is 28.9 Å². The highest BCUT2D eigenvalue weighted by atomic mass is 35.5. The lowest BCUT2D eigenvalue weighted by Gasteiger charge is -2.21. The molecule has 0 radical (unpaired) electrons. The molecule has 0 fully saturated rings. The van der Waals surface area contributed by atoms with Crippen molar-refractivity contribution in [2.45, 2.75) is 46.1 Å². The Labute approximate surface area is 115 Å². The molecule has 1 N–H and O–H groups in total. The summed E-state index contributed by atoms with van der Waals surface area (Å²) in [6, 6.07) is 6.09. The van der Waals surface area contributed by atoms with Crippen LogP contribution in [0.2, 0.25) is 10.0 Å². The zero-order valence-corrected chi connectivity index (χ0v) is 12.3. The van der Waals surface area contributed by atoms with Gasteiger partial charge >= 0.3 is 0 Å². The van der Waals surface area contributed by atoms with Crippen molar-refractivity contribution in [2.24, 2.45) is 5.92 Å². The Balaban J connectivity index is 2.66. The monoisotopic (exact) mass is 273 g/mol. The van der Waals surface area contributed by atoms with Gasteiger partial charge in [0.05, 0.1) is 0 Å². The van der Waals surface area contributed by atoms with Gasteiger partial charge in [0, 0.05) is 21.8 Å². The predicted octanol–water partition coefficient (Wildman–Crippen LogP) is 5.62. The van der Waals surface area contributed by atoms with Crippen LogP contribution in [0.3, 0.4) is 0 Å². The average molecular weight is 274 g/mol. The summed E-state index contributed by atoms with van der Waals surface area (Å²) < 4.78 is 0. The van der Waals surface area contributed by atoms with E-state index < -0.39 is 0 Å². The Morgan fingerprint density at radius 1 is 1.06 bits per heavy atom. The van der Waals surface area contributed by atoms with Crippen LogP contribution >= 0.6 is 23.2 Å². The lowest BCUT2D eigenvalue weighted by atomic mass is 9.97. The van der Waals surface area contributed by atoms with Gasteiger partial charge in [-0.1, -0.05) is 50.4 Å². The molecule has 0 amide bonds. The van der Waals surface area contributed by atoms with E-state index in [-0.39, 0.29) is 0 Å². The van der Waals surface area contributed by atoms with Gasteiger partial charge in [0.1, 0.15) is 0 Å². The van der Waals surface area contributed by atoms with Crippen LogP contribution in [0.4, 0.5) is 5.69 Å². The molecule has 0 aliphatic carbocycles. The molecule has 17 heavy (non-hydrogen) atoms. The molecule has 2 unspecified atom stereocenters. The molecule has 0 saturated carbocycles. The second-order valence-electron chi connectivity index (χ2n) is 4.66. The molecule has 1 aromatic carbocycles. The minimum Gasteiger partial charge on any atom is -0.382 e. The quantitative estimate of drug-likeness (QED) is 0.709. The molecule has 1 rings (SSSR count). The van der Waals surface area contributed by atoms with Crippen molar-refractivity contribution in [3.05, 3.63) is 28.2 Å². The zero-order chi connectivity index (χ0) is 12.8. The van der Waals surface area contributed by atoms with E-state index in [0.29, 0.717) is 16.1 Å². The van der Waals surface area contributed by atoms with Gasteiger partial charge in [-0.15, -0.1) is 0 Å². The van der Waals surface area contributed by atoms with Crippen molar-refractivity contribution in [3.63, 3.8) is 0 Å². The third-order valence-electron chi connectivity index (χ3n) is 3.11. The number of hydrogen-bond donors (Lipinski definition) is 1. The Hall–Kier alpha value is -0.400. The van der Waals surface area contributed by atoms with E-state index >= 15 is 0 Å². The van der Waals surface area contributed by atoms with E-state index in [9.17, 15) is 0 Å². The van der Waals surface area contributed by atoms with Crippen molar-refractivity contribution in [3.8, 4) is 0 Å². The van der Waals surface area contributed by atoms with E-state index in [0.717, 1.165) is 18.0 Å². The summed E-state index contributed by atoms with van der Waals surface area (Å²) in [7, 11) is 0. The molecule has 0 saturated heterocycles. The number of nitrogens with one attached hydrogen (secondary N) is 1. The SMILES string of the molecule is CCC(C)CC(CC)Nc1cc(Cl)cc(Cl)c1. The summed E-state index contributed by atoms with van der Waals surface area (Å²) >= 11 is 12.0. The molecular formula is C14H21Cl2N. The highest BCUT2D eigenvalue weighted by Gasteiger charge is 2.10. The first-order chi connectivity index (χ1) is 8.05. The van der Waals surface area contributed by atoms with Crippen LogP contribution in [0.1, 0.15) is 40.0 Å². The summed E-state index contributed by atoms with van der Waals surface area (Å²) in [5.41, 5.74) is 1.01.